The third kappa shape index (κ3) is 2.91. The van der Waals surface area contributed by atoms with Crippen LogP contribution in [0.2, 0.25) is 0 Å². The minimum Gasteiger partial charge on any atom is -0.456 e. The summed E-state index contributed by atoms with van der Waals surface area (Å²) in [5.41, 5.74) is 2.78. The molecular formula is C23H21NO3S. The summed E-state index contributed by atoms with van der Waals surface area (Å²) in [7, 11) is -3.51. The van der Waals surface area contributed by atoms with E-state index in [1.165, 1.54) is 5.56 Å². The van der Waals surface area contributed by atoms with Gasteiger partial charge in [0.15, 0.2) is 0 Å². The van der Waals surface area contributed by atoms with Crippen LogP contribution in [0.1, 0.15) is 24.3 Å². The predicted molar refractivity (Wildman–Crippen MR) is 111 cm³/mol. The average Bonchev–Trinajstić information content (AvgIpc) is 3.12. The topological polar surface area (TPSA) is 50.5 Å². The SMILES string of the molecule is O=S(=O)(c1ccc2oc3ccccc3c2c1)N1CCC(c2ccccc2)CC1. The Balaban J connectivity index is 1.43. The summed E-state index contributed by atoms with van der Waals surface area (Å²) in [6.45, 7) is 1.10. The van der Waals surface area contributed by atoms with Crippen LogP contribution in [0.4, 0.5) is 0 Å². The largest absolute Gasteiger partial charge is 0.456 e. The first kappa shape index (κ1) is 17.5. The fraction of sp³-hybridized carbons (Fsp3) is 0.217. The number of hydrogen-bond donors (Lipinski definition) is 0. The molecule has 1 aromatic heterocycles. The van der Waals surface area contributed by atoms with Crippen LogP contribution in [-0.2, 0) is 10.0 Å². The van der Waals surface area contributed by atoms with Crippen LogP contribution in [-0.4, -0.2) is 25.8 Å². The highest BCUT2D eigenvalue weighted by Crippen LogP contribution is 2.33. The lowest BCUT2D eigenvalue weighted by Crippen LogP contribution is -2.37. The van der Waals surface area contributed by atoms with Gasteiger partial charge in [0.05, 0.1) is 4.90 Å². The maximum atomic E-state index is 13.2. The number of fused-ring (bicyclic) bond motifs is 3. The van der Waals surface area contributed by atoms with Crippen LogP contribution in [0.15, 0.2) is 82.1 Å². The highest BCUT2D eigenvalue weighted by molar-refractivity contribution is 7.89. The normalized spacial score (nSPS) is 16.7. The van der Waals surface area contributed by atoms with Gasteiger partial charge in [0.25, 0.3) is 0 Å². The van der Waals surface area contributed by atoms with E-state index >= 15 is 0 Å². The molecule has 28 heavy (non-hydrogen) atoms. The summed E-state index contributed by atoms with van der Waals surface area (Å²) in [5.74, 6) is 0.424. The van der Waals surface area contributed by atoms with Crippen molar-refractivity contribution in [3.05, 3.63) is 78.4 Å². The third-order valence-electron chi connectivity index (χ3n) is 5.71. The summed E-state index contributed by atoms with van der Waals surface area (Å²) in [6, 6.07) is 23.2. The molecule has 0 radical (unpaired) electrons. The zero-order chi connectivity index (χ0) is 19.1. The predicted octanol–water partition coefficient (Wildman–Crippen LogP) is 5.15. The van der Waals surface area contributed by atoms with Crippen molar-refractivity contribution in [3.63, 3.8) is 0 Å². The number of piperidine rings is 1. The molecule has 4 aromatic rings. The minimum atomic E-state index is -3.51. The Bertz CT molecular complexity index is 1240. The molecule has 1 aliphatic heterocycles. The Morgan fingerprint density at radius 2 is 1.46 bits per heavy atom. The number of benzene rings is 3. The van der Waals surface area contributed by atoms with E-state index in [0.717, 1.165) is 29.2 Å². The Labute approximate surface area is 164 Å². The Morgan fingerprint density at radius 3 is 2.25 bits per heavy atom. The van der Waals surface area contributed by atoms with E-state index in [4.69, 9.17) is 4.42 Å². The van der Waals surface area contributed by atoms with Gasteiger partial charge in [-0.1, -0.05) is 48.5 Å². The molecule has 0 amide bonds. The lowest BCUT2D eigenvalue weighted by molar-refractivity contribution is 0.319. The van der Waals surface area contributed by atoms with Gasteiger partial charge < -0.3 is 4.42 Å². The van der Waals surface area contributed by atoms with Crippen molar-refractivity contribution < 1.29 is 12.8 Å². The summed E-state index contributed by atoms with van der Waals surface area (Å²) in [6.07, 6.45) is 1.69. The Hall–Kier alpha value is -2.63. The number of para-hydroxylation sites is 1. The standard InChI is InChI=1S/C23H21NO3S/c25-28(26,24-14-12-18(13-15-24)17-6-2-1-3-7-17)19-10-11-23-21(16-19)20-8-4-5-9-22(20)27-23/h1-11,16,18H,12-15H2. The molecule has 0 N–H and O–H groups in total. The summed E-state index contributed by atoms with van der Waals surface area (Å²) in [5, 5.41) is 1.79. The van der Waals surface area contributed by atoms with Crippen LogP contribution in [0.25, 0.3) is 21.9 Å². The molecular weight excluding hydrogens is 370 g/mol. The average molecular weight is 391 g/mol. The fourth-order valence-corrected chi connectivity index (χ4v) is 5.67. The molecule has 1 fully saturated rings. The highest BCUT2D eigenvalue weighted by Gasteiger charge is 2.30. The lowest BCUT2D eigenvalue weighted by Gasteiger charge is -2.31. The first-order valence-electron chi connectivity index (χ1n) is 9.59. The fourth-order valence-electron chi connectivity index (χ4n) is 4.17. The minimum absolute atomic E-state index is 0.338. The molecule has 4 nitrogen and oxygen atoms in total. The second-order valence-corrected chi connectivity index (χ2v) is 9.28. The number of rotatable bonds is 3. The molecule has 2 heterocycles. The Kier molecular flexibility index (Phi) is 4.22. The van der Waals surface area contributed by atoms with Crippen molar-refractivity contribution in [1.29, 1.82) is 0 Å². The monoisotopic (exact) mass is 391 g/mol. The second kappa shape index (κ2) is 6.76. The van der Waals surface area contributed by atoms with Crippen LogP contribution in [0.5, 0.6) is 0 Å². The van der Waals surface area contributed by atoms with Crippen molar-refractivity contribution in [1.82, 2.24) is 4.31 Å². The number of sulfonamides is 1. The maximum absolute atomic E-state index is 13.2. The van der Waals surface area contributed by atoms with E-state index in [0.29, 0.717) is 29.5 Å². The maximum Gasteiger partial charge on any atom is 0.243 e. The van der Waals surface area contributed by atoms with Crippen molar-refractivity contribution in [2.75, 3.05) is 13.1 Å². The van der Waals surface area contributed by atoms with Gasteiger partial charge in [-0.3, -0.25) is 0 Å². The van der Waals surface area contributed by atoms with Crippen molar-refractivity contribution in [2.45, 2.75) is 23.7 Å². The van der Waals surface area contributed by atoms with Crippen LogP contribution < -0.4 is 0 Å². The van der Waals surface area contributed by atoms with Crippen molar-refractivity contribution in [3.8, 4) is 0 Å². The van der Waals surface area contributed by atoms with E-state index in [-0.39, 0.29) is 0 Å². The van der Waals surface area contributed by atoms with Crippen LogP contribution in [0.3, 0.4) is 0 Å². The molecule has 5 heteroatoms. The molecule has 0 spiro atoms. The summed E-state index contributed by atoms with van der Waals surface area (Å²) < 4.78 is 33.9. The van der Waals surface area contributed by atoms with Gasteiger partial charge in [0, 0.05) is 23.9 Å². The molecule has 5 rings (SSSR count). The van der Waals surface area contributed by atoms with E-state index in [2.05, 4.69) is 12.1 Å². The van der Waals surface area contributed by atoms with Gasteiger partial charge in [-0.05, 0) is 48.6 Å². The number of furan rings is 1. The molecule has 0 saturated carbocycles. The molecule has 3 aromatic carbocycles. The first-order valence-corrected chi connectivity index (χ1v) is 11.0. The molecule has 0 atom stereocenters. The quantitative estimate of drug-likeness (QED) is 0.485. The van der Waals surface area contributed by atoms with Crippen LogP contribution >= 0.6 is 0 Å². The summed E-state index contributed by atoms with van der Waals surface area (Å²) >= 11 is 0. The summed E-state index contributed by atoms with van der Waals surface area (Å²) in [4.78, 5) is 0.338. The van der Waals surface area contributed by atoms with Gasteiger partial charge >= 0.3 is 0 Å². The van der Waals surface area contributed by atoms with Gasteiger partial charge in [-0.15, -0.1) is 0 Å². The van der Waals surface area contributed by atoms with Crippen molar-refractivity contribution in [2.24, 2.45) is 0 Å². The molecule has 1 aliphatic rings. The van der Waals surface area contributed by atoms with Gasteiger partial charge in [0.2, 0.25) is 10.0 Å². The van der Waals surface area contributed by atoms with Gasteiger partial charge in [-0.25, -0.2) is 8.42 Å². The van der Waals surface area contributed by atoms with Gasteiger partial charge in [-0.2, -0.15) is 4.31 Å². The van der Waals surface area contributed by atoms with Crippen molar-refractivity contribution >= 4 is 32.0 Å². The van der Waals surface area contributed by atoms with E-state index < -0.39 is 10.0 Å². The zero-order valence-corrected chi connectivity index (χ0v) is 16.2. The molecule has 142 valence electrons. The zero-order valence-electron chi connectivity index (χ0n) is 15.4. The first-order chi connectivity index (χ1) is 13.6. The van der Waals surface area contributed by atoms with E-state index in [1.807, 2.05) is 42.5 Å². The highest BCUT2D eigenvalue weighted by atomic mass is 32.2. The number of hydrogen-bond acceptors (Lipinski definition) is 3. The molecule has 1 saturated heterocycles. The third-order valence-corrected chi connectivity index (χ3v) is 7.61. The van der Waals surface area contributed by atoms with E-state index in [9.17, 15) is 8.42 Å². The lowest BCUT2D eigenvalue weighted by atomic mass is 9.90. The van der Waals surface area contributed by atoms with Gasteiger partial charge in [0.1, 0.15) is 11.2 Å². The smallest absolute Gasteiger partial charge is 0.243 e. The second-order valence-electron chi connectivity index (χ2n) is 7.35. The molecule has 0 unspecified atom stereocenters. The molecule has 0 bridgehead atoms. The van der Waals surface area contributed by atoms with E-state index in [1.54, 1.807) is 22.5 Å². The Morgan fingerprint density at radius 1 is 0.786 bits per heavy atom. The van der Waals surface area contributed by atoms with Crippen LogP contribution in [0, 0.1) is 0 Å². The molecule has 0 aliphatic carbocycles. The number of nitrogens with zero attached hydrogens (tertiary/aromatic N) is 1.